The van der Waals surface area contributed by atoms with Gasteiger partial charge >= 0.3 is 17.2 Å². The molecule has 0 bridgehead atoms. The summed E-state index contributed by atoms with van der Waals surface area (Å²) in [7, 11) is 0. The lowest BCUT2D eigenvalue weighted by atomic mass is 10.3. The second kappa shape index (κ2) is 5.76. The van der Waals surface area contributed by atoms with Crippen LogP contribution in [-0.2, 0) is 4.79 Å². The van der Waals surface area contributed by atoms with Gasteiger partial charge in [0.1, 0.15) is 0 Å². The van der Waals surface area contributed by atoms with Crippen LogP contribution in [0.2, 0.25) is 5.02 Å². The molecule has 2 N–H and O–H groups in total. The highest BCUT2D eigenvalue weighted by Gasteiger charge is 2.67. The van der Waals surface area contributed by atoms with Gasteiger partial charge in [0.25, 0.3) is 5.91 Å². The van der Waals surface area contributed by atoms with E-state index in [0.29, 0.717) is 5.02 Å². The molecule has 5 nitrogen and oxygen atoms in total. The van der Waals surface area contributed by atoms with E-state index in [9.17, 15) is 27.2 Å². The van der Waals surface area contributed by atoms with E-state index in [-0.39, 0.29) is 5.69 Å². The van der Waals surface area contributed by atoms with Crippen LogP contribution in [0.3, 0.4) is 0 Å². The van der Waals surface area contributed by atoms with Crippen LogP contribution in [0.15, 0.2) is 29.3 Å². The quantitative estimate of drug-likeness (QED) is 0.759. The van der Waals surface area contributed by atoms with Gasteiger partial charge in [-0.2, -0.15) is 18.2 Å². The number of halogens is 5. The molecule has 1 aromatic carbocycles. The number of rotatable bonds is 1. The first-order valence-electron chi connectivity index (χ1n) is 5.53. The lowest BCUT2D eigenvalue weighted by molar-refractivity contribution is -0.195. The van der Waals surface area contributed by atoms with E-state index in [0.717, 1.165) is 0 Å². The molecular weight excluding hydrogens is 350 g/mol. The number of urea groups is 1. The van der Waals surface area contributed by atoms with Crippen LogP contribution in [0.1, 0.15) is 0 Å². The second-order valence-electron chi connectivity index (χ2n) is 4.01. The lowest BCUT2D eigenvalue weighted by Crippen LogP contribution is -2.45. The van der Waals surface area contributed by atoms with Crippen molar-refractivity contribution in [1.29, 1.82) is 0 Å². The number of aliphatic imine (C=N–C) groups is 1. The Bertz CT molecular complexity index is 667. The van der Waals surface area contributed by atoms with Crippen molar-refractivity contribution < 1.29 is 27.2 Å². The van der Waals surface area contributed by atoms with Gasteiger partial charge in [-0.1, -0.05) is 17.7 Å². The average Bonchev–Trinajstić information content (AvgIpc) is 2.64. The van der Waals surface area contributed by atoms with Gasteiger partial charge in [0.15, 0.2) is 5.17 Å². The van der Waals surface area contributed by atoms with Crippen molar-refractivity contribution in [3.8, 4) is 0 Å². The zero-order valence-electron chi connectivity index (χ0n) is 10.4. The van der Waals surface area contributed by atoms with Crippen LogP contribution in [0.5, 0.6) is 0 Å². The van der Waals surface area contributed by atoms with Crippen LogP contribution < -0.4 is 10.6 Å². The van der Waals surface area contributed by atoms with Crippen LogP contribution in [0, 0.1) is 0 Å². The fourth-order valence-electron chi connectivity index (χ4n) is 1.43. The summed E-state index contributed by atoms with van der Waals surface area (Å²) >= 11 is 5.16. The molecule has 0 saturated carbocycles. The summed E-state index contributed by atoms with van der Waals surface area (Å²) in [6.45, 7) is 0. The first-order valence-corrected chi connectivity index (χ1v) is 6.72. The van der Waals surface area contributed by atoms with Gasteiger partial charge in [0, 0.05) is 10.7 Å². The average molecular weight is 356 g/mol. The second-order valence-corrected chi connectivity index (χ2v) is 5.60. The normalized spacial score (nSPS) is 23.5. The van der Waals surface area contributed by atoms with Gasteiger partial charge in [0.2, 0.25) is 0 Å². The Balaban J connectivity index is 2.11. The smallest absolute Gasteiger partial charge is 0.306 e. The number of nitrogens with zero attached hydrogens (tertiary/aromatic N) is 1. The van der Waals surface area contributed by atoms with Gasteiger partial charge in [-0.3, -0.25) is 4.79 Å². The molecular formula is C11H6ClF4N3O2S. The van der Waals surface area contributed by atoms with Crippen LogP contribution >= 0.6 is 23.4 Å². The SMILES string of the molecule is O=C(N=C1NC(=O)[C@@](F)(C(F)(F)F)S1)Nc1cccc(Cl)c1. The molecule has 0 aromatic heterocycles. The van der Waals surface area contributed by atoms with E-state index in [1.807, 2.05) is 0 Å². The first-order chi connectivity index (χ1) is 10.1. The van der Waals surface area contributed by atoms with Crippen LogP contribution in [-0.4, -0.2) is 28.3 Å². The molecule has 11 heteroatoms. The Labute approximate surface area is 130 Å². The molecule has 1 heterocycles. The Kier molecular flexibility index (Phi) is 4.34. The number of thioether (sulfide) groups is 1. The molecule has 1 fully saturated rings. The molecule has 1 saturated heterocycles. The Hall–Kier alpha value is -1.81. The highest BCUT2D eigenvalue weighted by Crippen LogP contribution is 2.46. The predicted molar refractivity (Wildman–Crippen MR) is 73.5 cm³/mol. The number of carbonyl (C=O) groups is 2. The number of benzene rings is 1. The van der Waals surface area contributed by atoms with Crippen molar-refractivity contribution in [3.05, 3.63) is 29.3 Å². The van der Waals surface area contributed by atoms with Crippen molar-refractivity contribution in [1.82, 2.24) is 5.32 Å². The zero-order valence-corrected chi connectivity index (χ0v) is 11.9. The maximum atomic E-state index is 13.6. The molecule has 3 amide bonds. The molecule has 1 aromatic rings. The molecule has 0 radical (unpaired) electrons. The van der Waals surface area contributed by atoms with Crippen molar-refractivity contribution in [3.63, 3.8) is 0 Å². The summed E-state index contributed by atoms with van der Waals surface area (Å²) in [5.41, 5.74) is 0.235. The molecule has 0 aliphatic carbocycles. The zero-order chi connectivity index (χ0) is 16.5. The minimum absolute atomic E-state index is 0.235. The highest BCUT2D eigenvalue weighted by atomic mass is 35.5. The van der Waals surface area contributed by atoms with Crippen molar-refractivity contribution in [2.24, 2.45) is 4.99 Å². The van der Waals surface area contributed by atoms with Crippen molar-refractivity contribution >= 4 is 46.2 Å². The van der Waals surface area contributed by atoms with E-state index in [1.54, 1.807) is 5.32 Å². The molecule has 0 unspecified atom stereocenters. The van der Waals surface area contributed by atoms with Crippen molar-refractivity contribution in [2.45, 2.75) is 11.2 Å². The molecule has 22 heavy (non-hydrogen) atoms. The number of amidine groups is 1. The Morgan fingerprint density at radius 3 is 2.64 bits per heavy atom. The fraction of sp³-hybridized carbons (Fsp3) is 0.182. The maximum absolute atomic E-state index is 13.6. The number of alkyl halides is 4. The fourth-order valence-corrected chi connectivity index (χ4v) is 2.42. The summed E-state index contributed by atoms with van der Waals surface area (Å²) in [4.78, 5) is 25.8. The number of nitrogens with one attached hydrogen (secondary N) is 2. The monoisotopic (exact) mass is 355 g/mol. The van der Waals surface area contributed by atoms with E-state index in [2.05, 4.69) is 10.3 Å². The summed E-state index contributed by atoms with van der Waals surface area (Å²) < 4.78 is 51.0. The summed E-state index contributed by atoms with van der Waals surface area (Å²) in [6, 6.07) is 4.80. The lowest BCUT2D eigenvalue weighted by Gasteiger charge is -2.17. The van der Waals surface area contributed by atoms with Gasteiger partial charge < -0.3 is 10.6 Å². The summed E-state index contributed by atoms with van der Waals surface area (Å²) in [5, 5.41) is -0.856. The van der Waals surface area contributed by atoms with Crippen LogP contribution in [0.4, 0.5) is 28.0 Å². The topological polar surface area (TPSA) is 70.6 Å². The molecule has 1 atom stereocenters. The molecule has 0 spiro atoms. The molecule has 118 valence electrons. The minimum Gasteiger partial charge on any atom is -0.306 e. The third-order valence-electron chi connectivity index (χ3n) is 2.39. The van der Waals surface area contributed by atoms with Gasteiger partial charge in [-0.15, -0.1) is 0 Å². The summed E-state index contributed by atoms with van der Waals surface area (Å²) in [5.74, 6) is -1.93. The minimum atomic E-state index is -5.43. The molecule has 1 aliphatic rings. The highest BCUT2D eigenvalue weighted by molar-refractivity contribution is 8.16. The third-order valence-corrected chi connectivity index (χ3v) is 3.71. The van der Waals surface area contributed by atoms with E-state index in [4.69, 9.17) is 11.6 Å². The largest absolute Gasteiger partial charge is 0.442 e. The molecule has 2 rings (SSSR count). The Morgan fingerprint density at radius 1 is 1.41 bits per heavy atom. The first kappa shape index (κ1) is 16.6. The standard InChI is InChI=1S/C11H6ClF4N3O2S/c12-5-2-1-3-6(4-5)17-8(21)19-9-18-7(20)10(13,22-9)11(14,15)16/h1-4H,(H2,17,18,19,20,21)/t10-/m0/s1. The number of amides is 3. The summed E-state index contributed by atoms with van der Waals surface area (Å²) in [6.07, 6.45) is -5.43. The van der Waals surface area contributed by atoms with Gasteiger partial charge in [-0.25, -0.2) is 9.18 Å². The van der Waals surface area contributed by atoms with Gasteiger partial charge in [-0.05, 0) is 30.0 Å². The van der Waals surface area contributed by atoms with Crippen LogP contribution in [0.25, 0.3) is 0 Å². The predicted octanol–water partition coefficient (Wildman–Crippen LogP) is 3.32. The van der Waals surface area contributed by atoms with Gasteiger partial charge in [0.05, 0.1) is 0 Å². The number of carbonyl (C=O) groups excluding carboxylic acids is 2. The van der Waals surface area contributed by atoms with E-state index < -0.39 is 40.0 Å². The number of hydrogen-bond acceptors (Lipinski definition) is 3. The number of hydrogen-bond donors (Lipinski definition) is 2. The van der Waals surface area contributed by atoms with E-state index in [1.165, 1.54) is 24.3 Å². The Morgan fingerprint density at radius 2 is 2.09 bits per heavy atom. The molecule has 1 aliphatic heterocycles. The van der Waals surface area contributed by atoms with E-state index >= 15 is 0 Å². The van der Waals surface area contributed by atoms with Crippen molar-refractivity contribution in [2.75, 3.05) is 5.32 Å². The maximum Gasteiger partial charge on any atom is 0.442 e. The number of anilines is 1. The third kappa shape index (κ3) is 3.33.